The standard InChI is InChI=1S/C18H15NO5S/c1-10(25(22,23)24)9-19-13-7-4-8-14(20)15(13)16-17(19)11-5-2-3-6-12(11)18(16)21/h2-8,10,20H,9H2,1H3,(H,22,23,24). The van der Waals surface area contributed by atoms with Crippen molar-refractivity contribution in [2.24, 2.45) is 0 Å². The summed E-state index contributed by atoms with van der Waals surface area (Å²) < 4.78 is 34.0. The van der Waals surface area contributed by atoms with Crippen molar-refractivity contribution < 1.29 is 22.9 Å². The van der Waals surface area contributed by atoms with Crippen LogP contribution in [0.25, 0.3) is 22.2 Å². The first-order chi connectivity index (χ1) is 11.8. The molecule has 1 heterocycles. The first-order valence-electron chi connectivity index (χ1n) is 7.75. The van der Waals surface area contributed by atoms with Gasteiger partial charge in [0.05, 0.1) is 22.2 Å². The minimum absolute atomic E-state index is 0.0320. The fourth-order valence-corrected chi connectivity index (χ4v) is 3.78. The summed E-state index contributed by atoms with van der Waals surface area (Å²) in [7, 11) is -4.23. The summed E-state index contributed by atoms with van der Waals surface area (Å²) in [6, 6.07) is 11.9. The average molecular weight is 357 g/mol. The van der Waals surface area contributed by atoms with Gasteiger partial charge in [-0.1, -0.05) is 30.3 Å². The Balaban J connectivity index is 2.08. The number of phenolic OH excluding ortho intramolecular Hbond substituents is 1. The zero-order valence-electron chi connectivity index (χ0n) is 13.3. The van der Waals surface area contributed by atoms with Gasteiger partial charge in [-0.05, 0) is 19.1 Å². The van der Waals surface area contributed by atoms with E-state index < -0.39 is 15.4 Å². The molecular weight excluding hydrogens is 342 g/mol. The highest BCUT2D eigenvalue weighted by Gasteiger charge is 2.35. The van der Waals surface area contributed by atoms with Gasteiger partial charge < -0.3 is 9.67 Å². The van der Waals surface area contributed by atoms with Crippen LogP contribution in [0.3, 0.4) is 0 Å². The van der Waals surface area contributed by atoms with Crippen molar-refractivity contribution in [2.45, 2.75) is 18.7 Å². The van der Waals surface area contributed by atoms with E-state index in [0.717, 1.165) is 0 Å². The first-order valence-corrected chi connectivity index (χ1v) is 9.25. The van der Waals surface area contributed by atoms with Crippen molar-refractivity contribution in [3.8, 4) is 17.0 Å². The van der Waals surface area contributed by atoms with Crippen LogP contribution in [0.1, 0.15) is 22.8 Å². The molecule has 2 aromatic carbocycles. The second kappa shape index (κ2) is 5.18. The quantitative estimate of drug-likeness (QED) is 0.550. The molecule has 4 rings (SSSR count). The average Bonchev–Trinajstić information content (AvgIpc) is 3.03. The van der Waals surface area contributed by atoms with Crippen LogP contribution < -0.4 is 0 Å². The van der Waals surface area contributed by atoms with E-state index in [4.69, 9.17) is 0 Å². The maximum atomic E-state index is 12.9. The van der Waals surface area contributed by atoms with E-state index in [2.05, 4.69) is 0 Å². The van der Waals surface area contributed by atoms with Crippen LogP contribution in [0.15, 0.2) is 42.5 Å². The molecule has 1 aromatic heterocycles. The van der Waals surface area contributed by atoms with Gasteiger partial charge in [-0.25, -0.2) is 0 Å². The molecule has 0 saturated carbocycles. The van der Waals surface area contributed by atoms with Gasteiger partial charge in [0.2, 0.25) is 0 Å². The number of benzene rings is 2. The number of phenols is 1. The van der Waals surface area contributed by atoms with Crippen molar-refractivity contribution in [1.82, 2.24) is 4.57 Å². The Morgan fingerprint density at radius 1 is 1.08 bits per heavy atom. The first kappa shape index (κ1) is 15.9. The summed E-state index contributed by atoms with van der Waals surface area (Å²) in [4.78, 5) is 12.9. The number of ketones is 1. The molecule has 25 heavy (non-hydrogen) atoms. The van der Waals surface area contributed by atoms with Gasteiger partial charge in [-0.3, -0.25) is 9.35 Å². The van der Waals surface area contributed by atoms with E-state index in [-0.39, 0.29) is 18.1 Å². The highest BCUT2D eigenvalue weighted by molar-refractivity contribution is 7.86. The van der Waals surface area contributed by atoms with Crippen LogP contribution in [-0.2, 0) is 16.7 Å². The molecule has 1 unspecified atom stereocenters. The van der Waals surface area contributed by atoms with E-state index in [9.17, 15) is 22.9 Å². The third kappa shape index (κ3) is 2.20. The molecular formula is C18H15NO5S. The van der Waals surface area contributed by atoms with Gasteiger partial charge in [0, 0.05) is 17.7 Å². The van der Waals surface area contributed by atoms with Crippen molar-refractivity contribution >= 4 is 26.8 Å². The van der Waals surface area contributed by atoms with E-state index in [1.54, 1.807) is 41.0 Å². The van der Waals surface area contributed by atoms with Gasteiger partial charge in [0.15, 0.2) is 5.78 Å². The van der Waals surface area contributed by atoms with Crippen LogP contribution in [0.4, 0.5) is 0 Å². The summed E-state index contributed by atoms with van der Waals surface area (Å²) >= 11 is 0. The van der Waals surface area contributed by atoms with Gasteiger partial charge in [0.1, 0.15) is 11.0 Å². The summed E-state index contributed by atoms with van der Waals surface area (Å²) in [5.74, 6) is -0.233. The van der Waals surface area contributed by atoms with E-state index in [1.807, 2.05) is 0 Å². The molecule has 0 aliphatic heterocycles. The highest BCUT2D eigenvalue weighted by Crippen LogP contribution is 2.45. The van der Waals surface area contributed by atoms with Gasteiger partial charge in [-0.15, -0.1) is 0 Å². The summed E-state index contributed by atoms with van der Waals surface area (Å²) in [5, 5.41) is 9.65. The molecule has 0 saturated heterocycles. The Morgan fingerprint density at radius 3 is 2.44 bits per heavy atom. The van der Waals surface area contributed by atoms with E-state index in [0.29, 0.717) is 33.3 Å². The highest BCUT2D eigenvalue weighted by atomic mass is 32.2. The maximum absolute atomic E-state index is 12.9. The predicted molar refractivity (Wildman–Crippen MR) is 93.5 cm³/mol. The number of fused-ring (bicyclic) bond motifs is 5. The number of rotatable bonds is 3. The van der Waals surface area contributed by atoms with Crippen LogP contribution in [-0.4, -0.2) is 33.7 Å². The second-order valence-corrected chi connectivity index (χ2v) is 8.04. The number of aromatic hydroxyl groups is 1. The molecule has 0 spiro atoms. The molecule has 2 N–H and O–H groups in total. The minimum atomic E-state index is -4.23. The lowest BCUT2D eigenvalue weighted by Gasteiger charge is -2.14. The SMILES string of the molecule is CC(Cn1c2c(c3c(O)cccc31)C(=O)c1ccccc1-2)S(=O)(=O)O. The molecule has 128 valence electrons. The zero-order valence-corrected chi connectivity index (χ0v) is 14.1. The number of carbonyl (C=O) groups excluding carboxylic acids is 1. The Bertz CT molecular complexity index is 1140. The molecule has 0 fully saturated rings. The Hall–Kier alpha value is -2.64. The second-order valence-electron chi connectivity index (χ2n) is 6.21. The normalized spacial score (nSPS) is 14.6. The monoisotopic (exact) mass is 357 g/mol. The molecule has 3 aromatic rings. The number of hydrogen-bond donors (Lipinski definition) is 2. The fraction of sp³-hybridized carbons (Fsp3) is 0.167. The summed E-state index contributed by atoms with van der Waals surface area (Å²) in [6.45, 7) is 1.37. The van der Waals surface area contributed by atoms with E-state index >= 15 is 0 Å². The molecule has 1 aliphatic rings. The number of hydrogen-bond acceptors (Lipinski definition) is 4. The smallest absolute Gasteiger partial charge is 0.269 e. The molecule has 0 radical (unpaired) electrons. The fourth-order valence-electron chi connectivity index (χ4n) is 3.45. The van der Waals surface area contributed by atoms with Crippen LogP contribution in [0.2, 0.25) is 0 Å². The third-order valence-electron chi connectivity index (χ3n) is 4.67. The summed E-state index contributed by atoms with van der Waals surface area (Å²) in [5.41, 5.74) is 2.72. The van der Waals surface area contributed by atoms with Crippen molar-refractivity contribution in [3.63, 3.8) is 0 Å². The van der Waals surface area contributed by atoms with Gasteiger partial charge in [0.25, 0.3) is 10.1 Å². The molecule has 6 nitrogen and oxygen atoms in total. The lowest BCUT2D eigenvalue weighted by atomic mass is 10.1. The van der Waals surface area contributed by atoms with Crippen molar-refractivity contribution in [2.75, 3.05) is 0 Å². The molecule has 1 aliphatic carbocycles. The van der Waals surface area contributed by atoms with Crippen LogP contribution in [0.5, 0.6) is 5.75 Å². The molecule has 0 amide bonds. The Labute approximate surface area is 144 Å². The Morgan fingerprint density at radius 2 is 1.76 bits per heavy atom. The van der Waals surface area contributed by atoms with Crippen LogP contribution in [0, 0.1) is 0 Å². The zero-order chi connectivity index (χ0) is 17.9. The lowest BCUT2D eigenvalue weighted by molar-refractivity contribution is 0.104. The largest absolute Gasteiger partial charge is 0.507 e. The lowest BCUT2D eigenvalue weighted by Crippen LogP contribution is -2.23. The van der Waals surface area contributed by atoms with Crippen molar-refractivity contribution in [3.05, 3.63) is 53.6 Å². The maximum Gasteiger partial charge on any atom is 0.269 e. The minimum Gasteiger partial charge on any atom is -0.507 e. The third-order valence-corrected chi connectivity index (χ3v) is 5.84. The molecule has 7 heteroatoms. The van der Waals surface area contributed by atoms with Crippen LogP contribution >= 0.6 is 0 Å². The molecule has 0 bridgehead atoms. The number of carbonyl (C=O) groups is 1. The molecule has 1 atom stereocenters. The number of nitrogens with zero attached hydrogens (tertiary/aromatic N) is 1. The topological polar surface area (TPSA) is 96.6 Å². The van der Waals surface area contributed by atoms with E-state index in [1.165, 1.54) is 13.0 Å². The van der Waals surface area contributed by atoms with Crippen molar-refractivity contribution in [1.29, 1.82) is 0 Å². The summed E-state index contributed by atoms with van der Waals surface area (Å²) in [6.07, 6.45) is 0. The Kier molecular flexibility index (Phi) is 3.28. The van der Waals surface area contributed by atoms with Gasteiger partial charge in [-0.2, -0.15) is 8.42 Å². The van der Waals surface area contributed by atoms with Gasteiger partial charge >= 0.3 is 0 Å². The predicted octanol–water partition coefficient (Wildman–Crippen LogP) is 2.83. The number of aromatic nitrogens is 1.